The Morgan fingerprint density at radius 3 is 2.64 bits per heavy atom. The first-order valence-corrected chi connectivity index (χ1v) is 10.7. The zero-order valence-electron chi connectivity index (χ0n) is 15.7. The van der Waals surface area contributed by atoms with Gasteiger partial charge in [0, 0.05) is 26.7 Å². The van der Waals surface area contributed by atoms with Gasteiger partial charge in [0.15, 0.2) is 0 Å². The van der Waals surface area contributed by atoms with Gasteiger partial charge in [-0.15, -0.1) is 0 Å². The third kappa shape index (κ3) is 6.37. The first kappa shape index (κ1) is 20.4. The third-order valence-corrected chi connectivity index (χ3v) is 6.38. The van der Waals surface area contributed by atoms with Crippen LogP contribution in [0.2, 0.25) is 0 Å². The molecule has 1 aromatic rings. The highest BCUT2D eigenvalue weighted by molar-refractivity contribution is 7.87. The zero-order chi connectivity index (χ0) is 18.3. The Hall–Kier alpha value is -0.950. The van der Waals surface area contributed by atoms with Crippen LogP contribution >= 0.6 is 0 Å². The molecule has 0 amide bonds. The summed E-state index contributed by atoms with van der Waals surface area (Å²) in [5, 5.41) is 0. The Kier molecular flexibility index (Phi) is 7.87. The van der Waals surface area contributed by atoms with Crippen molar-refractivity contribution in [1.29, 1.82) is 0 Å². The summed E-state index contributed by atoms with van der Waals surface area (Å²) in [5.74, 6) is 0.835. The summed E-state index contributed by atoms with van der Waals surface area (Å²) in [6.45, 7) is 6.62. The van der Waals surface area contributed by atoms with Crippen LogP contribution in [-0.4, -0.2) is 46.1 Å². The van der Waals surface area contributed by atoms with Gasteiger partial charge in [-0.3, -0.25) is 0 Å². The molecular weight excluding hydrogens is 336 g/mol. The van der Waals surface area contributed by atoms with Gasteiger partial charge in [-0.2, -0.15) is 12.7 Å². The van der Waals surface area contributed by atoms with Crippen molar-refractivity contribution in [2.45, 2.75) is 45.4 Å². The molecule has 1 atom stereocenters. The van der Waals surface area contributed by atoms with Gasteiger partial charge in [0.1, 0.15) is 0 Å². The van der Waals surface area contributed by atoms with Gasteiger partial charge < -0.3 is 4.74 Å². The lowest BCUT2D eigenvalue weighted by molar-refractivity contribution is 0.118. The molecule has 0 unspecified atom stereocenters. The van der Waals surface area contributed by atoms with Crippen molar-refractivity contribution in [3.8, 4) is 0 Å². The molecule has 1 aliphatic heterocycles. The van der Waals surface area contributed by atoms with Crippen LogP contribution in [0.15, 0.2) is 24.3 Å². The highest BCUT2D eigenvalue weighted by Gasteiger charge is 2.28. The van der Waals surface area contributed by atoms with Gasteiger partial charge in [0.05, 0.1) is 6.61 Å². The number of methoxy groups -OCH3 is 1. The minimum atomic E-state index is -3.38. The van der Waals surface area contributed by atoms with Crippen LogP contribution in [0.5, 0.6) is 0 Å². The van der Waals surface area contributed by atoms with E-state index in [1.54, 1.807) is 11.4 Å². The van der Waals surface area contributed by atoms with Crippen LogP contribution in [0.25, 0.3) is 0 Å². The Morgan fingerprint density at radius 2 is 2.00 bits per heavy atom. The van der Waals surface area contributed by atoms with Crippen LogP contribution in [-0.2, 0) is 21.4 Å². The summed E-state index contributed by atoms with van der Waals surface area (Å²) >= 11 is 0. The van der Waals surface area contributed by atoms with E-state index in [1.807, 2.05) is 0 Å². The highest BCUT2D eigenvalue weighted by atomic mass is 32.2. The fraction of sp³-hybridized carbons (Fsp3) is 0.684. The molecule has 142 valence electrons. The van der Waals surface area contributed by atoms with E-state index in [2.05, 4.69) is 42.8 Å². The van der Waals surface area contributed by atoms with Crippen LogP contribution in [0.1, 0.15) is 50.2 Å². The number of piperidine rings is 1. The van der Waals surface area contributed by atoms with Crippen molar-refractivity contribution in [1.82, 2.24) is 9.03 Å². The molecule has 25 heavy (non-hydrogen) atoms. The minimum absolute atomic E-state index is 0.301. The molecule has 0 radical (unpaired) electrons. The van der Waals surface area contributed by atoms with Crippen molar-refractivity contribution in [2.24, 2.45) is 5.92 Å². The predicted octanol–water partition coefficient (Wildman–Crippen LogP) is 2.94. The number of hydrogen-bond acceptors (Lipinski definition) is 3. The van der Waals surface area contributed by atoms with Gasteiger partial charge in [-0.25, -0.2) is 4.72 Å². The van der Waals surface area contributed by atoms with E-state index in [1.165, 1.54) is 11.1 Å². The second-order valence-corrected chi connectivity index (χ2v) is 8.98. The monoisotopic (exact) mass is 368 g/mol. The molecular formula is C19H32N2O3S. The van der Waals surface area contributed by atoms with E-state index in [4.69, 9.17) is 4.74 Å². The Labute approximate surface area is 152 Å². The number of nitrogens with zero attached hydrogens (tertiary/aromatic N) is 1. The molecule has 1 saturated heterocycles. The van der Waals surface area contributed by atoms with Crippen molar-refractivity contribution in [3.05, 3.63) is 35.4 Å². The average molecular weight is 369 g/mol. The molecule has 0 aromatic heterocycles. The molecule has 1 heterocycles. The van der Waals surface area contributed by atoms with E-state index in [0.29, 0.717) is 38.1 Å². The van der Waals surface area contributed by atoms with Crippen molar-refractivity contribution >= 4 is 10.2 Å². The second kappa shape index (κ2) is 9.67. The van der Waals surface area contributed by atoms with Crippen LogP contribution < -0.4 is 4.72 Å². The number of nitrogens with one attached hydrogen (secondary N) is 1. The molecule has 0 bridgehead atoms. The molecule has 1 aromatic carbocycles. The lowest BCUT2D eigenvalue weighted by Crippen LogP contribution is -2.46. The topological polar surface area (TPSA) is 58.6 Å². The molecule has 1 aliphatic rings. The zero-order valence-corrected chi connectivity index (χ0v) is 16.5. The molecule has 2 rings (SSSR count). The summed E-state index contributed by atoms with van der Waals surface area (Å²) in [7, 11) is -1.71. The molecule has 1 N–H and O–H groups in total. The summed E-state index contributed by atoms with van der Waals surface area (Å²) in [5.41, 5.74) is 2.59. The summed E-state index contributed by atoms with van der Waals surface area (Å²) in [4.78, 5) is 0. The van der Waals surface area contributed by atoms with E-state index >= 15 is 0 Å². The van der Waals surface area contributed by atoms with Crippen molar-refractivity contribution in [2.75, 3.05) is 33.4 Å². The number of rotatable bonds is 9. The SMILES string of the molecule is COC[C@H]1CCCN(S(=O)(=O)NCCCc2ccc(C(C)C)cc2)C1. The quantitative estimate of drug-likeness (QED) is 0.682. The normalized spacial score (nSPS) is 19.4. The van der Waals surface area contributed by atoms with Crippen LogP contribution in [0, 0.1) is 5.92 Å². The van der Waals surface area contributed by atoms with Gasteiger partial charge in [0.25, 0.3) is 10.2 Å². The van der Waals surface area contributed by atoms with Crippen LogP contribution in [0.3, 0.4) is 0 Å². The summed E-state index contributed by atoms with van der Waals surface area (Å²) in [6, 6.07) is 8.61. The Bertz CT molecular complexity index is 612. The first-order chi connectivity index (χ1) is 11.9. The molecule has 0 saturated carbocycles. The number of aryl methyl sites for hydroxylation is 1. The van der Waals surface area contributed by atoms with E-state index in [0.717, 1.165) is 25.7 Å². The second-order valence-electron chi connectivity index (χ2n) is 7.22. The maximum Gasteiger partial charge on any atom is 0.279 e. The molecule has 0 aliphatic carbocycles. The van der Waals surface area contributed by atoms with Crippen LogP contribution in [0.4, 0.5) is 0 Å². The van der Waals surface area contributed by atoms with E-state index in [-0.39, 0.29) is 0 Å². The van der Waals surface area contributed by atoms with E-state index in [9.17, 15) is 8.42 Å². The number of ether oxygens (including phenoxy) is 1. The predicted molar refractivity (Wildman–Crippen MR) is 102 cm³/mol. The average Bonchev–Trinajstić information content (AvgIpc) is 2.60. The van der Waals surface area contributed by atoms with Crippen molar-refractivity contribution in [3.63, 3.8) is 0 Å². The lowest BCUT2D eigenvalue weighted by atomic mass is 10.0. The minimum Gasteiger partial charge on any atom is -0.384 e. The summed E-state index contributed by atoms with van der Waals surface area (Å²) in [6.07, 6.45) is 3.62. The van der Waals surface area contributed by atoms with Gasteiger partial charge in [-0.1, -0.05) is 38.1 Å². The van der Waals surface area contributed by atoms with E-state index < -0.39 is 10.2 Å². The lowest BCUT2D eigenvalue weighted by Gasteiger charge is -2.31. The number of benzene rings is 1. The molecule has 6 heteroatoms. The maximum atomic E-state index is 12.4. The molecule has 5 nitrogen and oxygen atoms in total. The fourth-order valence-electron chi connectivity index (χ4n) is 3.27. The van der Waals surface area contributed by atoms with Gasteiger partial charge in [0.2, 0.25) is 0 Å². The summed E-state index contributed by atoms with van der Waals surface area (Å²) < 4.78 is 34.4. The molecule has 0 spiro atoms. The maximum absolute atomic E-state index is 12.4. The van der Waals surface area contributed by atoms with Gasteiger partial charge >= 0.3 is 0 Å². The molecule has 1 fully saturated rings. The van der Waals surface area contributed by atoms with Crippen molar-refractivity contribution < 1.29 is 13.2 Å². The smallest absolute Gasteiger partial charge is 0.279 e. The Balaban J connectivity index is 1.76. The first-order valence-electron chi connectivity index (χ1n) is 9.25. The largest absolute Gasteiger partial charge is 0.384 e. The third-order valence-electron chi connectivity index (χ3n) is 4.80. The standard InChI is InChI=1S/C19H32N2O3S/c1-16(2)19-10-8-17(9-11-19)6-4-12-20-25(22,23)21-13-5-7-18(14-21)15-24-3/h8-11,16,18,20H,4-7,12-15H2,1-3H3/t18-/m0/s1. The highest BCUT2D eigenvalue weighted by Crippen LogP contribution is 2.19. The Morgan fingerprint density at radius 1 is 1.28 bits per heavy atom. The number of hydrogen-bond donors (Lipinski definition) is 1. The van der Waals surface area contributed by atoms with Gasteiger partial charge in [-0.05, 0) is 48.6 Å². The fourth-order valence-corrected chi connectivity index (χ4v) is 4.63.